The summed E-state index contributed by atoms with van der Waals surface area (Å²) in [6.45, 7) is 4.53. The summed E-state index contributed by atoms with van der Waals surface area (Å²) in [4.78, 5) is 32.2. The summed E-state index contributed by atoms with van der Waals surface area (Å²) in [5.74, 6) is 0.177. The number of likely N-dealkylation sites (tertiary alicyclic amines) is 1. The number of amides is 1. The average Bonchev–Trinajstić information content (AvgIpc) is 3.55. The van der Waals surface area contributed by atoms with Gasteiger partial charge in [0, 0.05) is 31.0 Å². The van der Waals surface area contributed by atoms with Gasteiger partial charge in [-0.3, -0.25) is 9.59 Å². The second-order valence-corrected chi connectivity index (χ2v) is 9.28. The zero-order valence-electron chi connectivity index (χ0n) is 21.3. The molecule has 1 fully saturated rings. The van der Waals surface area contributed by atoms with Crippen molar-refractivity contribution in [1.82, 2.24) is 14.5 Å². The number of fused-ring (bicyclic) bond motifs is 1. The molecule has 5 rings (SSSR count). The van der Waals surface area contributed by atoms with Crippen LogP contribution in [0.2, 0.25) is 0 Å². The van der Waals surface area contributed by atoms with Gasteiger partial charge >= 0.3 is 0 Å². The van der Waals surface area contributed by atoms with Gasteiger partial charge in [0.2, 0.25) is 0 Å². The van der Waals surface area contributed by atoms with Crippen molar-refractivity contribution in [2.24, 2.45) is 0 Å². The fourth-order valence-electron chi connectivity index (χ4n) is 4.73. The van der Waals surface area contributed by atoms with E-state index in [1.54, 1.807) is 30.7 Å². The number of hydrogen-bond acceptors (Lipinski definition) is 7. The van der Waals surface area contributed by atoms with E-state index in [9.17, 15) is 14.7 Å². The molecule has 3 heterocycles. The van der Waals surface area contributed by atoms with Crippen LogP contribution >= 0.6 is 0 Å². The van der Waals surface area contributed by atoms with Gasteiger partial charge in [-0.05, 0) is 48.7 Å². The molecule has 0 saturated carbocycles. The Kier molecular flexibility index (Phi) is 7.62. The number of aryl methyl sites for hydroxylation is 1. The molecule has 0 unspecified atom stereocenters. The van der Waals surface area contributed by atoms with Crippen molar-refractivity contribution in [1.29, 1.82) is 0 Å². The van der Waals surface area contributed by atoms with Gasteiger partial charge in [-0.2, -0.15) is 0 Å². The summed E-state index contributed by atoms with van der Waals surface area (Å²) in [5.41, 5.74) is 1.15. The number of ether oxygens (including phenoxy) is 3. The molecule has 2 aliphatic heterocycles. The molecule has 0 bridgehead atoms. The number of Topliss-reactive ketones (excluding diaryl/α,β-unsaturated/α-hetero) is 1. The minimum Gasteiger partial charge on any atom is -0.507 e. The predicted molar refractivity (Wildman–Crippen MR) is 140 cm³/mol. The maximum atomic E-state index is 13.3. The number of aliphatic hydroxyl groups excluding tert-OH is 1. The third kappa shape index (κ3) is 5.22. The largest absolute Gasteiger partial charge is 0.507 e. The lowest BCUT2D eigenvalue weighted by molar-refractivity contribution is -0.139. The minimum atomic E-state index is -0.740. The second-order valence-electron chi connectivity index (χ2n) is 9.28. The number of benzene rings is 2. The van der Waals surface area contributed by atoms with Crippen LogP contribution in [0.25, 0.3) is 5.76 Å². The summed E-state index contributed by atoms with van der Waals surface area (Å²) in [6.07, 6.45) is 7.86. The number of aliphatic hydroxyl groups is 1. The second kappa shape index (κ2) is 11.4. The quantitative estimate of drug-likeness (QED) is 0.185. The molecule has 1 atom stereocenters. The van der Waals surface area contributed by atoms with Crippen LogP contribution in [-0.2, 0) is 16.1 Å². The highest BCUT2D eigenvalue weighted by Gasteiger charge is 2.45. The molecule has 1 saturated heterocycles. The third-order valence-electron chi connectivity index (χ3n) is 6.69. The van der Waals surface area contributed by atoms with E-state index < -0.39 is 17.7 Å². The molecule has 1 aromatic heterocycles. The molecular weight excluding hydrogens is 486 g/mol. The maximum Gasteiger partial charge on any atom is 0.295 e. The first-order valence-electron chi connectivity index (χ1n) is 12.9. The van der Waals surface area contributed by atoms with Crippen LogP contribution in [0.1, 0.15) is 43.4 Å². The first-order valence-corrected chi connectivity index (χ1v) is 12.9. The zero-order valence-corrected chi connectivity index (χ0v) is 21.3. The van der Waals surface area contributed by atoms with Crippen LogP contribution in [0.15, 0.2) is 66.8 Å². The molecule has 1 amide bonds. The van der Waals surface area contributed by atoms with Crippen molar-refractivity contribution in [2.75, 3.05) is 26.4 Å². The van der Waals surface area contributed by atoms with E-state index in [1.165, 1.54) is 4.90 Å². The third-order valence-corrected chi connectivity index (χ3v) is 6.69. The Morgan fingerprint density at radius 1 is 1.05 bits per heavy atom. The number of imidazole rings is 1. The van der Waals surface area contributed by atoms with Crippen LogP contribution in [-0.4, -0.2) is 57.6 Å². The molecule has 38 heavy (non-hydrogen) atoms. The van der Waals surface area contributed by atoms with E-state index in [1.807, 2.05) is 35.0 Å². The van der Waals surface area contributed by atoms with Gasteiger partial charge in [0.25, 0.3) is 11.7 Å². The number of nitrogens with zero attached hydrogens (tertiary/aromatic N) is 3. The van der Waals surface area contributed by atoms with Gasteiger partial charge in [0.1, 0.15) is 24.7 Å². The number of unbranched alkanes of at least 4 members (excludes halogenated alkanes) is 1. The summed E-state index contributed by atoms with van der Waals surface area (Å²) in [5, 5.41) is 11.4. The fourth-order valence-corrected chi connectivity index (χ4v) is 4.73. The lowest BCUT2D eigenvalue weighted by Gasteiger charge is -2.26. The molecule has 3 aromatic rings. The Morgan fingerprint density at radius 3 is 2.58 bits per heavy atom. The molecule has 0 spiro atoms. The molecule has 2 aromatic carbocycles. The number of ketones is 1. The Bertz CT molecular complexity index is 1320. The highest BCUT2D eigenvalue weighted by molar-refractivity contribution is 6.46. The molecule has 1 N–H and O–H groups in total. The maximum absolute atomic E-state index is 13.3. The number of carbonyl (C=O) groups is 2. The summed E-state index contributed by atoms with van der Waals surface area (Å²) >= 11 is 0. The summed E-state index contributed by atoms with van der Waals surface area (Å²) < 4.78 is 18.9. The van der Waals surface area contributed by atoms with Crippen molar-refractivity contribution in [2.45, 2.75) is 38.8 Å². The van der Waals surface area contributed by atoms with Crippen molar-refractivity contribution < 1.29 is 28.9 Å². The van der Waals surface area contributed by atoms with Crippen molar-refractivity contribution in [3.05, 3.63) is 77.9 Å². The standard InChI is InChI=1S/C29H31N3O6/c1-2-3-15-36-22-8-5-20(6-9-22)26-25(27(33)21-7-10-23-24(18-21)38-17-16-37-23)28(34)29(35)32(26)13-4-12-31-14-11-30-19-31/h5-11,14,18-19,26,33H,2-4,12-13,15-17H2,1H3/b27-25+/t26-/m0/s1. The van der Waals surface area contributed by atoms with E-state index in [2.05, 4.69) is 11.9 Å². The molecule has 0 radical (unpaired) electrons. The molecule has 0 aliphatic carbocycles. The number of hydrogen-bond donors (Lipinski definition) is 1. The first kappa shape index (κ1) is 25.4. The minimum absolute atomic E-state index is 0.0500. The Balaban J connectivity index is 1.48. The van der Waals surface area contributed by atoms with Gasteiger partial charge in [-0.15, -0.1) is 0 Å². The van der Waals surface area contributed by atoms with E-state index >= 15 is 0 Å². The van der Waals surface area contributed by atoms with E-state index in [0.29, 0.717) is 67.7 Å². The van der Waals surface area contributed by atoms with Gasteiger partial charge in [0.15, 0.2) is 11.5 Å². The van der Waals surface area contributed by atoms with Crippen LogP contribution in [0.5, 0.6) is 17.2 Å². The van der Waals surface area contributed by atoms with Crippen molar-refractivity contribution >= 4 is 17.4 Å². The SMILES string of the molecule is CCCCOc1ccc([C@H]2/C(=C(\O)c3ccc4c(c3)OCCO4)C(=O)C(=O)N2CCCn2ccnc2)cc1. The average molecular weight is 518 g/mol. The number of rotatable bonds is 10. The Morgan fingerprint density at radius 2 is 1.84 bits per heavy atom. The smallest absolute Gasteiger partial charge is 0.295 e. The summed E-state index contributed by atoms with van der Waals surface area (Å²) in [6, 6.07) is 11.6. The molecule has 9 nitrogen and oxygen atoms in total. The highest BCUT2D eigenvalue weighted by atomic mass is 16.6. The van der Waals surface area contributed by atoms with Gasteiger partial charge in [0.05, 0.1) is 24.5 Å². The normalized spacial score (nSPS) is 18.1. The molecule has 2 aliphatic rings. The van der Waals surface area contributed by atoms with Gasteiger partial charge < -0.3 is 28.8 Å². The Labute approximate surface area is 221 Å². The topological polar surface area (TPSA) is 103 Å². The first-order chi connectivity index (χ1) is 18.6. The van der Waals surface area contributed by atoms with Crippen LogP contribution in [0, 0.1) is 0 Å². The Hall–Kier alpha value is -4.27. The van der Waals surface area contributed by atoms with Gasteiger partial charge in [-0.25, -0.2) is 4.98 Å². The van der Waals surface area contributed by atoms with E-state index in [4.69, 9.17) is 14.2 Å². The van der Waals surface area contributed by atoms with Crippen LogP contribution < -0.4 is 14.2 Å². The van der Waals surface area contributed by atoms with E-state index in [-0.39, 0.29) is 11.3 Å². The zero-order chi connectivity index (χ0) is 26.5. The molecule has 198 valence electrons. The van der Waals surface area contributed by atoms with E-state index in [0.717, 1.165) is 12.8 Å². The molecular formula is C29H31N3O6. The number of carbonyl (C=O) groups excluding carboxylic acids is 2. The molecule has 9 heteroatoms. The van der Waals surface area contributed by atoms with Crippen LogP contribution in [0.4, 0.5) is 0 Å². The van der Waals surface area contributed by atoms with Crippen LogP contribution in [0.3, 0.4) is 0 Å². The predicted octanol–water partition coefficient (Wildman–Crippen LogP) is 4.35. The monoisotopic (exact) mass is 517 g/mol. The highest BCUT2D eigenvalue weighted by Crippen LogP contribution is 2.41. The summed E-state index contributed by atoms with van der Waals surface area (Å²) in [7, 11) is 0. The lowest BCUT2D eigenvalue weighted by Crippen LogP contribution is -2.31. The lowest BCUT2D eigenvalue weighted by atomic mass is 9.95. The fraction of sp³-hybridized carbons (Fsp3) is 0.345. The van der Waals surface area contributed by atoms with Crippen molar-refractivity contribution in [3.8, 4) is 17.2 Å². The number of aromatic nitrogens is 2. The van der Waals surface area contributed by atoms with Gasteiger partial charge in [-0.1, -0.05) is 25.5 Å². The van der Waals surface area contributed by atoms with Crippen molar-refractivity contribution in [3.63, 3.8) is 0 Å².